The van der Waals surface area contributed by atoms with E-state index in [1.165, 1.54) is 20.4 Å². The Morgan fingerprint density at radius 3 is 2.55 bits per heavy atom. The number of anilines is 1. The second kappa shape index (κ2) is 12.1. The average Bonchev–Trinajstić information content (AvgIpc) is 2.77. The van der Waals surface area contributed by atoms with Gasteiger partial charge >= 0.3 is 0 Å². The summed E-state index contributed by atoms with van der Waals surface area (Å²) >= 11 is 6.19. The van der Waals surface area contributed by atoms with Crippen LogP contribution >= 0.6 is 11.6 Å². The molecule has 162 valence electrons. The fourth-order valence-electron chi connectivity index (χ4n) is 2.49. The molecule has 2 amide bonds. The number of methoxy groups -OCH3 is 2. The number of carbonyl (C=O) groups is 2. The summed E-state index contributed by atoms with van der Waals surface area (Å²) in [6.07, 6.45) is 6.53. The minimum Gasteiger partial charge on any atom is -0.495 e. The van der Waals surface area contributed by atoms with E-state index in [-0.39, 0.29) is 30.4 Å². The minimum absolute atomic E-state index is 0.0136. The Morgan fingerprint density at radius 1 is 1.13 bits per heavy atom. The first-order chi connectivity index (χ1) is 15.0. The molecule has 0 aromatic heterocycles. The van der Waals surface area contributed by atoms with Crippen molar-refractivity contribution in [3.05, 3.63) is 47.0 Å². The Balaban J connectivity index is 1.87. The number of nitrogens with one attached hydrogen (secondary N) is 2. The number of amides is 2. The number of halogens is 1. The molecule has 0 aliphatic heterocycles. The van der Waals surface area contributed by atoms with E-state index in [1.807, 2.05) is 0 Å². The van der Waals surface area contributed by atoms with E-state index in [9.17, 15) is 9.59 Å². The van der Waals surface area contributed by atoms with Crippen molar-refractivity contribution in [1.82, 2.24) is 5.43 Å². The summed E-state index contributed by atoms with van der Waals surface area (Å²) in [7, 11) is 2.98. The average molecular weight is 444 g/mol. The number of carbonyl (C=O) groups excluding carboxylic acids is 2. The Hall–Kier alpha value is -3.70. The molecule has 8 nitrogen and oxygen atoms in total. The Bertz CT molecular complexity index is 1000. The molecule has 9 heteroatoms. The standard InChI is InChI=1S/C22H22ClN3O5/c1-4-11-31-22-16(23)12-15(13-19(22)30-3)14-24-26-21(28)10-9-20(27)25-17-7-5-6-8-18(17)29-2/h1,5-8,12-14H,9-11H2,2-3H3,(H,25,27)(H,26,28). The van der Waals surface area contributed by atoms with Gasteiger partial charge in [0, 0.05) is 12.8 Å². The highest BCUT2D eigenvalue weighted by atomic mass is 35.5. The van der Waals surface area contributed by atoms with E-state index in [2.05, 4.69) is 21.8 Å². The van der Waals surface area contributed by atoms with Crippen LogP contribution in [0.1, 0.15) is 18.4 Å². The van der Waals surface area contributed by atoms with Crippen LogP contribution in [0.5, 0.6) is 17.2 Å². The predicted molar refractivity (Wildman–Crippen MR) is 119 cm³/mol. The number of benzene rings is 2. The van der Waals surface area contributed by atoms with Gasteiger partial charge in [-0.25, -0.2) is 5.43 Å². The van der Waals surface area contributed by atoms with Crippen LogP contribution in [0.4, 0.5) is 5.69 Å². The number of rotatable bonds is 10. The van der Waals surface area contributed by atoms with Crippen LogP contribution in [0.15, 0.2) is 41.5 Å². The van der Waals surface area contributed by atoms with Crippen molar-refractivity contribution in [2.75, 3.05) is 26.1 Å². The van der Waals surface area contributed by atoms with Gasteiger partial charge in [0.2, 0.25) is 11.8 Å². The van der Waals surface area contributed by atoms with Crippen molar-refractivity contribution in [3.63, 3.8) is 0 Å². The Morgan fingerprint density at radius 2 is 1.84 bits per heavy atom. The van der Waals surface area contributed by atoms with Gasteiger partial charge in [0.05, 0.1) is 31.1 Å². The highest BCUT2D eigenvalue weighted by Gasteiger charge is 2.12. The van der Waals surface area contributed by atoms with E-state index in [4.69, 9.17) is 32.2 Å². The first-order valence-electron chi connectivity index (χ1n) is 9.17. The smallest absolute Gasteiger partial charge is 0.240 e. The second-order valence-corrected chi connectivity index (χ2v) is 6.48. The monoisotopic (exact) mass is 443 g/mol. The summed E-state index contributed by atoms with van der Waals surface area (Å²) in [5.41, 5.74) is 3.47. The molecule has 0 saturated carbocycles. The van der Waals surface area contributed by atoms with Crippen LogP contribution in [0, 0.1) is 12.3 Å². The zero-order chi connectivity index (χ0) is 22.6. The number of hydrazone groups is 1. The van der Waals surface area contributed by atoms with Crippen molar-refractivity contribution < 1.29 is 23.8 Å². The molecule has 0 bridgehead atoms. The van der Waals surface area contributed by atoms with Gasteiger partial charge < -0.3 is 19.5 Å². The minimum atomic E-state index is -0.418. The normalized spacial score (nSPS) is 10.3. The lowest BCUT2D eigenvalue weighted by Gasteiger charge is -2.11. The fourth-order valence-corrected chi connectivity index (χ4v) is 2.76. The van der Waals surface area contributed by atoms with Crippen molar-refractivity contribution in [2.24, 2.45) is 5.10 Å². The molecule has 0 spiro atoms. The number of terminal acetylenes is 1. The summed E-state index contributed by atoms with van der Waals surface area (Å²) in [6.45, 7) is 0.0458. The van der Waals surface area contributed by atoms with Crippen LogP contribution in [0.2, 0.25) is 5.02 Å². The summed E-state index contributed by atoms with van der Waals surface area (Å²) in [5.74, 6) is 2.85. The van der Waals surface area contributed by atoms with Crippen molar-refractivity contribution in [3.8, 4) is 29.6 Å². The molecule has 0 saturated heterocycles. The zero-order valence-corrected chi connectivity index (χ0v) is 17.9. The molecule has 0 atom stereocenters. The van der Waals surface area contributed by atoms with Crippen molar-refractivity contribution >= 4 is 35.3 Å². The number of para-hydroxylation sites is 2. The molecule has 0 unspecified atom stereocenters. The maximum atomic E-state index is 12.1. The topological polar surface area (TPSA) is 98.2 Å². The lowest BCUT2D eigenvalue weighted by Crippen LogP contribution is -2.20. The quantitative estimate of drug-likeness (QED) is 0.334. The van der Waals surface area contributed by atoms with E-state index in [0.29, 0.717) is 28.5 Å². The van der Waals surface area contributed by atoms with E-state index >= 15 is 0 Å². The highest BCUT2D eigenvalue weighted by Crippen LogP contribution is 2.36. The first kappa shape index (κ1) is 23.6. The molecule has 0 fully saturated rings. The van der Waals surface area contributed by atoms with Gasteiger partial charge in [-0.1, -0.05) is 29.7 Å². The highest BCUT2D eigenvalue weighted by molar-refractivity contribution is 6.32. The SMILES string of the molecule is C#CCOc1c(Cl)cc(C=NNC(=O)CCC(=O)Nc2ccccc2OC)cc1OC. The molecule has 0 heterocycles. The van der Waals surface area contributed by atoms with Gasteiger partial charge in [-0.05, 0) is 29.8 Å². The predicted octanol–water partition coefficient (Wildman–Crippen LogP) is 3.24. The summed E-state index contributed by atoms with van der Waals surface area (Å²) in [5, 5.41) is 6.87. The third kappa shape index (κ3) is 7.24. The van der Waals surface area contributed by atoms with Crippen LogP contribution < -0.4 is 25.0 Å². The molecule has 31 heavy (non-hydrogen) atoms. The maximum Gasteiger partial charge on any atom is 0.240 e. The van der Waals surface area contributed by atoms with Crippen LogP contribution in [0.3, 0.4) is 0 Å². The van der Waals surface area contributed by atoms with Gasteiger partial charge in [0.1, 0.15) is 12.4 Å². The molecule has 0 radical (unpaired) electrons. The third-order valence-corrected chi connectivity index (χ3v) is 4.20. The van der Waals surface area contributed by atoms with Crippen LogP contribution in [-0.4, -0.2) is 38.9 Å². The summed E-state index contributed by atoms with van der Waals surface area (Å²) in [6, 6.07) is 10.2. The fraction of sp³-hybridized carbons (Fsp3) is 0.227. The number of ether oxygens (including phenoxy) is 3. The first-order valence-corrected chi connectivity index (χ1v) is 9.54. The second-order valence-electron chi connectivity index (χ2n) is 6.07. The number of hydrogen-bond donors (Lipinski definition) is 2. The van der Waals surface area contributed by atoms with Crippen LogP contribution in [0.25, 0.3) is 0 Å². The molecule has 2 aromatic carbocycles. The maximum absolute atomic E-state index is 12.1. The van der Waals surface area contributed by atoms with Gasteiger partial charge in [-0.3, -0.25) is 9.59 Å². The molecule has 0 aliphatic rings. The Kier molecular flexibility index (Phi) is 9.20. The molecule has 2 N–H and O–H groups in total. The number of nitrogens with zero attached hydrogens (tertiary/aromatic N) is 1. The molecular formula is C22H22ClN3O5. The van der Waals surface area contributed by atoms with E-state index in [1.54, 1.807) is 36.4 Å². The van der Waals surface area contributed by atoms with Gasteiger partial charge in [0.15, 0.2) is 11.5 Å². The van der Waals surface area contributed by atoms with E-state index in [0.717, 1.165) is 0 Å². The van der Waals surface area contributed by atoms with Gasteiger partial charge in [-0.15, -0.1) is 6.42 Å². The van der Waals surface area contributed by atoms with Gasteiger partial charge in [0.25, 0.3) is 0 Å². The molecule has 2 aromatic rings. The lowest BCUT2D eigenvalue weighted by atomic mass is 10.2. The molecule has 2 rings (SSSR count). The largest absolute Gasteiger partial charge is 0.495 e. The Labute approximate surface area is 185 Å². The molecule has 0 aliphatic carbocycles. The summed E-state index contributed by atoms with van der Waals surface area (Å²) < 4.78 is 15.8. The van der Waals surface area contributed by atoms with Gasteiger partial charge in [-0.2, -0.15) is 5.10 Å². The number of hydrogen-bond acceptors (Lipinski definition) is 6. The third-order valence-electron chi connectivity index (χ3n) is 3.91. The zero-order valence-electron chi connectivity index (χ0n) is 17.1. The van der Waals surface area contributed by atoms with Crippen molar-refractivity contribution in [2.45, 2.75) is 12.8 Å². The summed E-state index contributed by atoms with van der Waals surface area (Å²) in [4.78, 5) is 24.0. The lowest BCUT2D eigenvalue weighted by molar-refractivity contribution is -0.124. The van der Waals surface area contributed by atoms with E-state index < -0.39 is 5.91 Å². The van der Waals surface area contributed by atoms with Crippen molar-refractivity contribution in [1.29, 1.82) is 0 Å². The van der Waals surface area contributed by atoms with Crippen LogP contribution in [-0.2, 0) is 9.59 Å². The molecular weight excluding hydrogens is 422 g/mol.